The number of nitrogens with zero attached hydrogens (tertiary/aromatic N) is 3. The van der Waals surface area contributed by atoms with Gasteiger partial charge < -0.3 is 31.3 Å². The van der Waals surface area contributed by atoms with Crippen LogP contribution in [0, 0.1) is 0 Å². The summed E-state index contributed by atoms with van der Waals surface area (Å²) in [6.45, 7) is 0.785. The zero-order chi connectivity index (χ0) is 31.9. The van der Waals surface area contributed by atoms with Gasteiger partial charge in [-0.3, -0.25) is 29.1 Å². The van der Waals surface area contributed by atoms with Crippen molar-refractivity contribution in [3.8, 4) is 0 Å². The molecule has 0 aliphatic carbocycles. The van der Waals surface area contributed by atoms with Gasteiger partial charge >= 0.3 is 0 Å². The Morgan fingerprint density at radius 3 is 2.44 bits per heavy atom. The van der Waals surface area contributed by atoms with Crippen molar-refractivity contribution in [1.82, 2.24) is 30.7 Å². The lowest BCUT2D eigenvalue weighted by Crippen LogP contribution is -2.50. The van der Waals surface area contributed by atoms with Crippen molar-refractivity contribution in [3.05, 3.63) is 72.4 Å². The molecule has 2 aliphatic rings. The molecule has 2 aromatic carbocycles. The summed E-state index contributed by atoms with van der Waals surface area (Å²) in [4.78, 5) is 60.6. The normalized spacial score (nSPS) is 22.2. The standard InChI is InChI=1S/C33H41N7O5/c1-34-18-30(42)36-24-16-28(39(2)19-24)33(45)40-20-25(38-32(44)29(41)13-12-21-8-4-3-5-9-21)15-27(40)31(43)37-23-14-22-10-6-7-11-26(22)35-17-23/h3-11,14,17,24-25,27-29,34,41H,12-13,15-16,18-20H2,1-2H3,(H,36,42)(H,37,43)(H,38,44)/t24-,25+,27-,28+,29+/m0/s1. The Morgan fingerprint density at radius 1 is 0.956 bits per heavy atom. The van der Waals surface area contributed by atoms with Crippen LogP contribution in [0.1, 0.15) is 24.8 Å². The zero-order valence-corrected chi connectivity index (χ0v) is 25.6. The van der Waals surface area contributed by atoms with Gasteiger partial charge in [0.2, 0.25) is 23.6 Å². The van der Waals surface area contributed by atoms with E-state index in [0.717, 1.165) is 16.5 Å². The van der Waals surface area contributed by atoms with E-state index in [1.54, 1.807) is 13.2 Å². The van der Waals surface area contributed by atoms with Gasteiger partial charge in [-0.1, -0.05) is 48.5 Å². The van der Waals surface area contributed by atoms with E-state index in [-0.39, 0.29) is 49.7 Å². The first-order valence-electron chi connectivity index (χ1n) is 15.3. The number of carbonyl (C=O) groups is 4. The summed E-state index contributed by atoms with van der Waals surface area (Å²) in [6.07, 6.45) is 1.72. The molecule has 2 fully saturated rings. The highest BCUT2D eigenvalue weighted by atomic mass is 16.3. The first-order valence-corrected chi connectivity index (χ1v) is 15.3. The summed E-state index contributed by atoms with van der Waals surface area (Å²) in [5, 5.41) is 23.0. The van der Waals surface area contributed by atoms with E-state index in [1.165, 1.54) is 4.90 Å². The average Bonchev–Trinajstić information content (AvgIpc) is 3.63. The second-order valence-corrected chi connectivity index (χ2v) is 11.9. The van der Waals surface area contributed by atoms with E-state index < -0.39 is 30.1 Å². The molecule has 0 unspecified atom stereocenters. The lowest BCUT2D eigenvalue weighted by atomic mass is 10.1. The molecule has 12 nitrogen and oxygen atoms in total. The maximum atomic E-state index is 14.0. The summed E-state index contributed by atoms with van der Waals surface area (Å²) in [5.41, 5.74) is 2.31. The van der Waals surface area contributed by atoms with Crippen molar-refractivity contribution in [3.63, 3.8) is 0 Å². The number of para-hydroxylation sites is 1. The number of rotatable bonds is 11. The quantitative estimate of drug-likeness (QED) is 0.211. The number of aryl methyl sites for hydroxylation is 1. The minimum atomic E-state index is -1.23. The lowest BCUT2D eigenvalue weighted by molar-refractivity contribution is -0.140. The number of hydrogen-bond donors (Lipinski definition) is 5. The Hall–Kier alpha value is -4.39. The van der Waals surface area contributed by atoms with Crippen LogP contribution in [0.15, 0.2) is 66.9 Å². The van der Waals surface area contributed by atoms with Crippen LogP contribution in [0.5, 0.6) is 0 Å². The molecule has 2 saturated heterocycles. The topological polar surface area (TPSA) is 156 Å². The van der Waals surface area contributed by atoms with Crippen molar-refractivity contribution >= 4 is 40.2 Å². The van der Waals surface area contributed by atoms with Crippen molar-refractivity contribution in [1.29, 1.82) is 0 Å². The highest BCUT2D eigenvalue weighted by Crippen LogP contribution is 2.26. The van der Waals surface area contributed by atoms with Crippen LogP contribution in [0.3, 0.4) is 0 Å². The molecule has 12 heteroatoms. The second-order valence-electron chi connectivity index (χ2n) is 11.9. The number of likely N-dealkylation sites (tertiary alicyclic amines) is 2. The SMILES string of the molecule is CNCC(=O)N[C@H]1C[C@H](C(=O)N2C[C@H](NC(=O)[C@H](O)CCc3ccccc3)C[C@H]2C(=O)Nc2cnc3ccccc3c2)N(C)C1. The minimum Gasteiger partial charge on any atom is -0.383 e. The van der Waals surface area contributed by atoms with Crippen LogP contribution in [0.25, 0.3) is 10.9 Å². The van der Waals surface area contributed by atoms with E-state index >= 15 is 0 Å². The van der Waals surface area contributed by atoms with Gasteiger partial charge in [-0.2, -0.15) is 0 Å². The van der Waals surface area contributed by atoms with Gasteiger partial charge in [-0.25, -0.2) is 0 Å². The molecule has 5 N–H and O–H groups in total. The van der Waals surface area contributed by atoms with Crippen LogP contribution >= 0.6 is 0 Å². The van der Waals surface area contributed by atoms with Gasteiger partial charge in [-0.05, 0) is 57.5 Å². The number of fused-ring (bicyclic) bond motifs is 1. The summed E-state index contributed by atoms with van der Waals surface area (Å²) in [5.74, 6) is -1.32. The molecule has 5 rings (SSSR count). The first kappa shape index (κ1) is 32.0. The number of anilines is 1. The largest absolute Gasteiger partial charge is 0.383 e. The number of carbonyl (C=O) groups excluding carboxylic acids is 4. The number of pyridine rings is 1. The van der Waals surface area contributed by atoms with Crippen molar-refractivity contribution < 1.29 is 24.3 Å². The fraction of sp³-hybridized carbons (Fsp3) is 0.424. The van der Waals surface area contributed by atoms with Gasteiger partial charge in [0.1, 0.15) is 12.1 Å². The summed E-state index contributed by atoms with van der Waals surface area (Å²) < 4.78 is 0. The van der Waals surface area contributed by atoms with Crippen LogP contribution in [0.4, 0.5) is 5.69 Å². The molecule has 0 saturated carbocycles. The number of likely N-dealkylation sites (N-methyl/N-ethyl adjacent to an activating group) is 2. The third kappa shape index (κ3) is 8.01. The first-order chi connectivity index (χ1) is 21.7. The van der Waals surface area contributed by atoms with E-state index in [1.807, 2.05) is 72.6 Å². The molecule has 45 heavy (non-hydrogen) atoms. The molecule has 0 spiro atoms. The maximum absolute atomic E-state index is 14.0. The Bertz CT molecular complexity index is 1520. The molecular weight excluding hydrogens is 574 g/mol. The van der Waals surface area contributed by atoms with Gasteiger partial charge in [0.25, 0.3) is 0 Å². The molecule has 238 valence electrons. The van der Waals surface area contributed by atoms with Gasteiger partial charge in [0, 0.05) is 30.6 Å². The number of nitrogens with one attached hydrogen (secondary N) is 4. The van der Waals surface area contributed by atoms with Gasteiger partial charge in [0.15, 0.2) is 0 Å². The predicted molar refractivity (Wildman–Crippen MR) is 170 cm³/mol. The maximum Gasteiger partial charge on any atom is 0.249 e. The van der Waals surface area contributed by atoms with Crippen LogP contribution in [0.2, 0.25) is 0 Å². The smallest absolute Gasteiger partial charge is 0.249 e. The Balaban J connectivity index is 1.28. The average molecular weight is 616 g/mol. The fourth-order valence-electron chi connectivity index (χ4n) is 6.20. The molecule has 0 bridgehead atoms. The second kappa shape index (κ2) is 14.6. The van der Waals surface area contributed by atoms with Crippen molar-refractivity contribution in [2.45, 2.75) is 56.0 Å². The third-order valence-corrected chi connectivity index (χ3v) is 8.48. The number of amides is 4. The summed E-state index contributed by atoms with van der Waals surface area (Å²) in [6, 6.07) is 16.8. The zero-order valence-electron chi connectivity index (χ0n) is 25.6. The van der Waals surface area contributed by atoms with E-state index in [4.69, 9.17) is 0 Å². The summed E-state index contributed by atoms with van der Waals surface area (Å²) in [7, 11) is 3.51. The molecular formula is C33H41N7O5. The molecule has 3 aromatic rings. The lowest BCUT2D eigenvalue weighted by Gasteiger charge is -2.29. The third-order valence-electron chi connectivity index (χ3n) is 8.48. The molecule has 1 aromatic heterocycles. The van der Waals surface area contributed by atoms with E-state index in [2.05, 4.69) is 26.3 Å². The number of aliphatic hydroxyl groups excluding tert-OH is 1. The number of hydrogen-bond acceptors (Lipinski definition) is 8. The Kier molecular flexibility index (Phi) is 10.4. The fourth-order valence-corrected chi connectivity index (χ4v) is 6.20. The summed E-state index contributed by atoms with van der Waals surface area (Å²) >= 11 is 0. The number of aromatic nitrogens is 1. The Labute approximate surface area is 262 Å². The monoisotopic (exact) mass is 615 g/mol. The van der Waals surface area contributed by atoms with Crippen LogP contribution in [-0.2, 0) is 25.6 Å². The highest BCUT2D eigenvalue weighted by Gasteiger charge is 2.45. The molecule has 3 heterocycles. The minimum absolute atomic E-state index is 0.116. The predicted octanol–water partition coefficient (Wildman–Crippen LogP) is 0.661. The number of benzene rings is 2. The molecule has 5 atom stereocenters. The van der Waals surface area contributed by atoms with Crippen LogP contribution in [-0.4, -0.2) is 108 Å². The van der Waals surface area contributed by atoms with Crippen molar-refractivity contribution in [2.24, 2.45) is 0 Å². The van der Waals surface area contributed by atoms with Crippen LogP contribution < -0.4 is 21.3 Å². The number of aliphatic hydroxyl groups is 1. The van der Waals surface area contributed by atoms with Crippen molar-refractivity contribution in [2.75, 3.05) is 39.0 Å². The van der Waals surface area contributed by atoms with Gasteiger partial charge in [0.05, 0.1) is 30.0 Å². The van der Waals surface area contributed by atoms with E-state index in [9.17, 15) is 24.3 Å². The Morgan fingerprint density at radius 2 is 1.67 bits per heavy atom. The van der Waals surface area contributed by atoms with Gasteiger partial charge in [-0.15, -0.1) is 0 Å². The molecule has 2 aliphatic heterocycles. The highest BCUT2D eigenvalue weighted by molar-refractivity contribution is 5.99. The molecule has 0 radical (unpaired) electrons. The van der Waals surface area contributed by atoms with E-state index in [0.29, 0.717) is 25.1 Å². The molecule has 4 amide bonds.